The van der Waals surface area contributed by atoms with Crippen molar-refractivity contribution in [3.05, 3.63) is 68.0 Å². The summed E-state index contributed by atoms with van der Waals surface area (Å²) in [5, 5.41) is 14.4. The number of rotatable bonds is 9. The van der Waals surface area contributed by atoms with Gasteiger partial charge in [0.15, 0.2) is 34.3 Å². The number of nitro benzene ring substituents is 1. The van der Waals surface area contributed by atoms with Gasteiger partial charge in [-0.3, -0.25) is 29.4 Å². The zero-order chi connectivity index (χ0) is 34.6. The molecule has 0 atom stereocenters. The van der Waals surface area contributed by atoms with E-state index in [0.717, 1.165) is 38.3 Å². The summed E-state index contributed by atoms with van der Waals surface area (Å²) in [4.78, 5) is 56.9. The Bertz CT molecular complexity index is 1870. The number of ketones is 1. The van der Waals surface area contributed by atoms with Gasteiger partial charge in [0.05, 0.1) is 44.2 Å². The van der Waals surface area contributed by atoms with Crippen LogP contribution in [0.15, 0.2) is 33.7 Å². The number of nitrogens with zero attached hydrogens (tertiary/aromatic N) is 4. The number of carbonyl (C=O) groups is 3. The largest absolute Gasteiger partial charge is 0.494 e. The van der Waals surface area contributed by atoms with Crippen molar-refractivity contribution < 1.29 is 46.7 Å². The topological polar surface area (TPSA) is 166 Å². The van der Waals surface area contributed by atoms with Gasteiger partial charge in [0, 0.05) is 50.0 Å². The minimum Gasteiger partial charge on any atom is -0.494 e. The van der Waals surface area contributed by atoms with Crippen LogP contribution in [-0.2, 0) is 14.3 Å². The normalized spacial score (nSPS) is 13.7. The molecule has 4 rings (SSSR count). The standard InChI is InChI=1S/C31H31F2N5O9/c1-16-25(47-31(29(16)35-18(3)39)30(41)26-27(32)23(44-5)14-24(45-6)28(26)33)15-34-17(2)37(19(4)40)21-8-7-20(13-22(21)38(42)43)36-9-11-46-12-10-36/h7-8,13-15H,1,9-12H2,2-6H3,(H,35,39)/b25-15+,34-17+. The number of methoxy groups -OCH3 is 2. The Kier molecular flexibility index (Phi) is 10.3. The molecule has 0 radical (unpaired) electrons. The second-order valence-electron chi connectivity index (χ2n) is 10.1. The van der Waals surface area contributed by atoms with E-state index in [1.165, 1.54) is 26.0 Å². The maximum absolute atomic E-state index is 15.2. The number of hydrogen-bond donors (Lipinski definition) is 1. The van der Waals surface area contributed by atoms with Gasteiger partial charge in [-0.1, -0.05) is 6.58 Å². The summed E-state index contributed by atoms with van der Waals surface area (Å²) >= 11 is 0. The van der Waals surface area contributed by atoms with Gasteiger partial charge in [0.1, 0.15) is 17.1 Å². The van der Waals surface area contributed by atoms with Crippen LogP contribution in [0, 0.1) is 21.7 Å². The first kappa shape index (κ1) is 34.2. The van der Waals surface area contributed by atoms with Crippen LogP contribution >= 0.6 is 0 Å². The molecule has 1 N–H and O–H groups in total. The molecule has 248 valence electrons. The van der Waals surface area contributed by atoms with Crippen molar-refractivity contribution in [3.8, 4) is 11.5 Å². The van der Waals surface area contributed by atoms with Gasteiger partial charge < -0.3 is 28.8 Å². The molecule has 47 heavy (non-hydrogen) atoms. The lowest BCUT2D eigenvalue weighted by molar-refractivity contribution is -0.384. The number of aliphatic imine (C=N–C) groups is 1. The number of hydrogen-bond acceptors (Lipinski definition) is 11. The van der Waals surface area contributed by atoms with Crippen LogP contribution in [0.25, 0.3) is 12.8 Å². The average molecular weight is 656 g/mol. The molecule has 16 heteroatoms. The fourth-order valence-corrected chi connectivity index (χ4v) is 4.90. The van der Waals surface area contributed by atoms with E-state index in [1.807, 2.05) is 4.90 Å². The molecule has 0 unspecified atom stereocenters. The van der Waals surface area contributed by atoms with Crippen LogP contribution < -0.4 is 35.2 Å². The Hall–Kier alpha value is -5.64. The molecule has 0 spiro atoms. The molecule has 3 aromatic rings. The van der Waals surface area contributed by atoms with Gasteiger partial charge in [0.2, 0.25) is 17.6 Å². The molecule has 0 saturated carbocycles. The summed E-state index contributed by atoms with van der Waals surface area (Å²) in [7, 11) is 2.22. The van der Waals surface area contributed by atoms with Crippen molar-refractivity contribution >= 4 is 59.0 Å². The number of ether oxygens (including phenoxy) is 3. The summed E-state index contributed by atoms with van der Waals surface area (Å²) in [6, 6.07) is 5.35. The number of halogens is 2. The molecule has 2 amide bonds. The third-order valence-electron chi connectivity index (χ3n) is 7.13. The third kappa shape index (κ3) is 6.96. The Morgan fingerprint density at radius 2 is 1.70 bits per heavy atom. The van der Waals surface area contributed by atoms with Gasteiger partial charge in [-0.2, -0.15) is 0 Å². The maximum atomic E-state index is 15.2. The highest BCUT2D eigenvalue weighted by Crippen LogP contribution is 2.35. The van der Waals surface area contributed by atoms with E-state index in [9.17, 15) is 24.5 Å². The van der Waals surface area contributed by atoms with Crippen molar-refractivity contribution in [1.82, 2.24) is 0 Å². The quantitative estimate of drug-likeness (QED) is 0.119. The van der Waals surface area contributed by atoms with Crippen LogP contribution in [0.5, 0.6) is 11.5 Å². The lowest BCUT2D eigenvalue weighted by Gasteiger charge is -2.29. The van der Waals surface area contributed by atoms with Gasteiger partial charge in [0.25, 0.3) is 5.69 Å². The highest BCUT2D eigenvalue weighted by molar-refractivity contribution is 6.17. The van der Waals surface area contributed by atoms with E-state index in [2.05, 4.69) is 16.9 Å². The predicted molar refractivity (Wildman–Crippen MR) is 168 cm³/mol. The van der Waals surface area contributed by atoms with Crippen molar-refractivity contribution in [2.24, 2.45) is 4.99 Å². The van der Waals surface area contributed by atoms with Crippen LogP contribution in [0.2, 0.25) is 0 Å². The van der Waals surface area contributed by atoms with Crippen LogP contribution in [0.4, 0.5) is 31.5 Å². The van der Waals surface area contributed by atoms with Crippen LogP contribution in [0.1, 0.15) is 36.9 Å². The average Bonchev–Trinajstić information content (AvgIpc) is 3.34. The molecule has 1 aliphatic heterocycles. The smallest absolute Gasteiger partial charge is 0.295 e. The summed E-state index contributed by atoms with van der Waals surface area (Å²) in [5.41, 5.74) is -1.43. The molecule has 0 aliphatic carbocycles. The SMILES string of the molecule is C=c1c(NC(C)=O)c(C(=O)c2c(F)c(OC)cc(OC)c2F)o/c1=C/N=C(\C)N(C(C)=O)c1ccc(N2CCOCC2)cc1[N+](=O)[O-]. The second-order valence-corrected chi connectivity index (χ2v) is 10.1. The number of amides is 2. The lowest BCUT2D eigenvalue weighted by atomic mass is 10.0. The van der Waals surface area contributed by atoms with Gasteiger partial charge >= 0.3 is 0 Å². The minimum atomic E-state index is -1.34. The number of benzene rings is 2. The van der Waals surface area contributed by atoms with Gasteiger partial charge in [-0.05, 0) is 19.1 Å². The Labute approximate surface area is 266 Å². The predicted octanol–water partition coefficient (Wildman–Crippen LogP) is 3.13. The highest BCUT2D eigenvalue weighted by atomic mass is 19.1. The van der Waals surface area contributed by atoms with Crippen molar-refractivity contribution in [2.75, 3.05) is 55.6 Å². The number of nitrogens with one attached hydrogen (secondary N) is 1. The third-order valence-corrected chi connectivity index (χ3v) is 7.13. The van der Waals surface area contributed by atoms with Crippen LogP contribution in [0.3, 0.4) is 0 Å². The van der Waals surface area contributed by atoms with Crippen LogP contribution in [-0.4, -0.2) is 68.9 Å². The molecule has 1 aromatic heterocycles. The lowest BCUT2D eigenvalue weighted by Crippen LogP contribution is -2.36. The van der Waals surface area contributed by atoms with Gasteiger partial charge in [-0.25, -0.2) is 13.8 Å². The molecular formula is C31H31F2N5O9. The number of nitro groups is 1. The molecule has 2 aromatic carbocycles. The second kappa shape index (κ2) is 14.2. The molecule has 0 bridgehead atoms. The van der Waals surface area contributed by atoms with E-state index in [0.29, 0.717) is 32.0 Å². The first-order valence-corrected chi connectivity index (χ1v) is 14.0. The first-order valence-electron chi connectivity index (χ1n) is 14.0. The fraction of sp³-hybridized carbons (Fsp3) is 0.290. The number of carbonyl (C=O) groups excluding carboxylic acids is 3. The van der Waals surface area contributed by atoms with E-state index in [4.69, 9.17) is 18.6 Å². The summed E-state index contributed by atoms with van der Waals surface area (Å²) < 4.78 is 51.1. The molecule has 1 fully saturated rings. The molecule has 1 aliphatic rings. The van der Waals surface area contributed by atoms with Crippen molar-refractivity contribution in [1.29, 1.82) is 0 Å². The number of morpholine rings is 1. The summed E-state index contributed by atoms with van der Waals surface area (Å²) in [6.45, 7) is 9.53. The van der Waals surface area contributed by atoms with Gasteiger partial charge in [-0.15, -0.1) is 0 Å². The Balaban J connectivity index is 1.82. The highest BCUT2D eigenvalue weighted by Gasteiger charge is 2.31. The molecular weight excluding hydrogens is 624 g/mol. The Morgan fingerprint density at radius 1 is 1.09 bits per heavy atom. The minimum absolute atomic E-state index is 0.0425. The molecule has 2 heterocycles. The summed E-state index contributed by atoms with van der Waals surface area (Å²) in [5.74, 6) is -6.97. The first-order chi connectivity index (χ1) is 22.3. The van der Waals surface area contributed by atoms with E-state index in [-0.39, 0.29) is 33.5 Å². The van der Waals surface area contributed by atoms with Crippen molar-refractivity contribution in [2.45, 2.75) is 20.8 Å². The van der Waals surface area contributed by atoms with E-state index < -0.39 is 57.0 Å². The summed E-state index contributed by atoms with van der Waals surface area (Å²) in [6.07, 6.45) is 1.04. The van der Waals surface area contributed by atoms with E-state index >= 15 is 8.78 Å². The maximum Gasteiger partial charge on any atom is 0.295 e. The van der Waals surface area contributed by atoms with E-state index in [1.54, 1.807) is 6.07 Å². The number of amidine groups is 1. The Morgan fingerprint density at radius 3 is 2.23 bits per heavy atom. The zero-order valence-electron chi connectivity index (χ0n) is 26.1. The number of anilines is 3. The van der Waals surface area contributed by atoms with Crippen molar-refractivity contribution in [3.63, 3.8) is 0 Å². The zero-order valence-corrected chi connectivity index (χ0v) is 26.1. The fourth-order valence-electron chi connectivity index (χ4n) is 4.90. The molecule has 14 nitrogen and oxygen atoms in total. The molecule has 1 saturated heterocycles. The number of furan rings is 1. The monoisotopic (exact) mass is 655 g/mol.